The van der Waals surface area contributed by atoms with E-state index in [0.717, 1.165) is 12.0 Å². The lowest BCUT2D eigenvalue weighted by molar-refractivity contribution is 0.215. The van der Waals surface area contributed by atoms with Gasteiger partial charge < -0.3 is 15.7 Å². The van der Waals surface area contributed by atoms with E-state index < -0.39 is 0 Å². The van der Waals surface area contributed by atoms with E-state index in [4.69, 9.17) is 0 Å². The summed E-state index contributed by atoms with van der Waals surface area (Å²) in [4.78, 5) is 12.0. The van der Waals surface area contributed by atoms with E-state index in [-0.39, 0.29) is 23.4 Å². The molecule has 1 aromatic rings. The molecule has 0 bridgehead atoms. The summed E-state index contributed by atoms with van der Waals surface area (Å²) in [5.41, 5.74) is 1.11. The molecule has 2 amide bonds. The highest BCUT2D eigenvalue weighted by atomic mass is 32.2. The first-order valence-corrected chi connectivity index (χ1v) is 8.43. The van der Waals surface area contributed by atoms with Gasteiger partial charge in [0.25, 0.3) is 0 Å². The Balaban J connectivity index is 1.77. The van der Waals surface area contributed by atoms with Gasteiger partial charge >= 0.3 is 6.03 Å². The SMILES string of the molecule is C[C@@]1(CNC(=O)N[C@H](CO)Cc2ccccc2)CCCS1. The number of thioether (sulfide) groups is 1. The van der Waals surface area contributed by atoms with E-state index in [1.165, 1.54) is 12.2 Å². The van der Waals surface area contributed by atoms with Gasteiger partial charge in [-0.2, -0.15) is 11.8 Å². The van der Waals surface area contributed by atoms with Gasteiger partial charge in [0.1, 0.15) is 0 Å². The van der Waals surface area contributed by atoms with Crippen molar-refractivity contribution in [3.8, 4) is 0 Å². The summed E-state index contributed by atoms with van der Waals surface area (Å²) >= 11 is 1.92. The third kappa shape index (κ3) is 5.25. The largest absolute Gasteiger partial charge is 0.394 e. The van der Waals surface area contributed by atoms with E-state index in [9.17, 15) is 9.90 Å². The van der Waals surface area contributed by atoms with E-state index in [0.29, 0.717) is 13.0 Å². The number of carbonyl (C=O) groups is 1. The van der Waals surface area contributed by atoms with Crippen molar-refractivity contribution in [1.82, 2.24) is 10.6 Å². The molecule has 0 radical (unpaired) electrons. The average molecular weight is 308 g/mol. The Morgan fingerprint density at radius 2 is 2.19 bits per heavy atom. The number of carbonyl (C=O) groups excluding carboxylic acids is 1. The highest BCUT2D eigenvalue weighted by Crippen LogP contribution is 2.36. The fourth-order valence-electron chi connectivity index (χ4n) is 2.54. The Labute approximate surface area is 130 Å². The van der Waals surface area contributed by atoms with Crippen molar-refractivity contribution in [2.24, 2.45) is 0 Å². The number of rotatable bonds is 6. The monoisotopic (exact) mass is 308 g/mol. The molecule has 21 heavy (non-hydrogen) atoms. The van der Waals surface area contributed by atoms with Crippen LogP contribution in [0.1, 0.15) is 25.3 Å². The second kappa shape index (κ2) is 7.71. The molecule has 5 heteroatoms. The minimum atomic E-state index is -0.253. The zero-order chi connectivity index (χ0) is 15.1. The molecule has 4 nitrogen and oxygen atoms in total. The van der Waals surface area contributed by atoms with E-state index in [1.807, 2.05) is 42.1 Å². The number of amides is 2. The van der Waals surface area contributed by atoms with Gasteiger partial charge in [0, 0.05) is 11.3 Å². The van der Waals surface area contributed by atoms with E-state index >= 15 is 0 Å². The van der Waals surface area contributed by atoms with Crippen LogP contribution in [-0.4, -0.2) is 40.8 Å². The number of urea groups is 1. The first kappa shape index (κ1) is 16.2. The zero-order valence-electron chi connectivity index (χ0n) is 12.5. The molecule has 0 aliphatic carbocycles. The minimum absolute atomic E-state index is 0.0612. The molecule has 0 aromatic heterocycles. The van der Waals surface area contributed by atoms with Crippen molar-refractivity contribution in [2.45, 2.75) is 37.0 Å². The molecule has 2 rings (SSSR count). The summed E-state index contributed by atoms with van der Waals surface area (Å²) in [5.74, 6) is 1.17. The Morgan fingerprint density at radius 3 is 2.81 bits per heavy atom. The van der Waals surface area contributed by atoms with Crippen molar-refractivity contribution in [1.29, 1.82) is 0 Å². The predicted molar refractivity (Wildman–Crippen MR) is 87.7 cm³/mol. The van der Waals surface area contributed by atoms with Crippen molar-refractivity contribution in [3.05, 3.63) is 35.9 Å². The van der Waals surface area contributed by atoms with Crippen molar-refractivity contribution in [3.63, 3.8) is 0 Å². The summed E-state index contributed by atoms with van der Waals surface area (Å²) in [6.45, 7) is 2.81. The predicted octanol–water partition coefficient (Wildman–Crippen LogP) is 2.17. The summed E-state index contributed by atoms with van der Waals surface area (Å²) in [6.07, 6.45) is 3.00. The quantitative estimate of drug-likeness (QED) is 0.755. The third-order valence-corrected chi connectivity index (χ3v) is 5.34. The van der Waals surface area contributed by atoms with Crippen LogP contribution in [0.25, 0.3) is 0 Å². The molecule has 1 heterocycles. The lowest BCUT2D eigenvalue weighted by Gasteiger charge is -2.24. The highest BCUT2D eigenvalue weighted by Gasteiger charge is 2.29. The fraction of sp³-hybridized carbons (Fsp3) is 0.562. The number of benzene rings is 1. The third-order valence-electron chi connectivity index (χ3n) is 3.80. The standard InChI is InChI=1S/C16H24N2O2S/c1-16(8-5-9-21-16)12-17-15(20)18-14(11-19)10-13-6-3-2-4-7-13/h2-4,6-7,14,19H,5,8-12H2,1H3,(H2,17,18,20)/t14-,16-/m0/s1. The molecular weight excluding hydrogens is 284 g/mol. The number of aliphatic hydroxyl groups excluding tert-OH is 1. The molecule has 0 unspecified atom stereocenters. The Morgan fingerprint density at radius 1 is 1.43 bits per heavy atom. The number of hydrogen-bond donors (Lipinski definition) is 3. The molecular formula is C16H24N2O2S. The lowest BCUT2D eigenvalue weighted by Crippen LogP contribution is -2.48. The van der Waals surface area contributed by atoms with Crippen LogP contribution in [0, 0.1) is 0 Å². The normalized spacial score (nSPS) is 22.8. The van der Waals surface area contributed by atoms with Gasteiger partial charge in [0.05, 0.1) is 12.6 Å². The van der Waals surface area contributed by atoms with E-state index in [2.05, 4.69) is 17.6 Å². The van der Waals surface area contributed by atoms with Gasteiger partial charge in [0.15, 0.2) is 0 Å². The summed E-state index contributed by atoms with van der Waals surface area (Å²) in [5, 5.41) is 15.2. The molecule has 1 aliphatic heterocycles. The van der Waals surface area contributed by atoms with Gasteiger partial charge in [-0.3, -0.25) is 0 Å². The highest BCUT2D eigenvalue weighted by molar-refractivity contribution is 8.00. The van der Waals surface area contributed by atoms with Crippen LogP contribution in [0.3, 0.4) is 0 Å². The first-order chi connectivity index (χ1) is 10.1. The van der Waals surface area contributed by atoms with Crippen LogP contribution >= 0.6 is 11.8 Å². The maximum absolute atomic E-state index is 12.0. The topological polar surface area (TPSA) is 61.4 Å². The molecule has 116 valence electrons. The van der Waals surface area contributed by atoms with Gasteiger partial charge in [-0.1, -0.05) is 30.3 Å². The Hall–Kier alpha value is -1.20. The second-order valence-electron chi connectivity index (χ2n) is 5.80. The van der Waals surface area contributed by atoms with Gasteiger partial charge in [-0.15, -0.1) is 0 Å². The molecule has 0 saturated carbocycles. The molecule has 2 atom stereocenters. The summed E-state index contributed by atoms with van der Waals surface area (Å²) in [7, 11) is 0. The summed E-state index contributed by atoms with van der Waals surface area (Å²) in [6, 6.07) is 9.42. The molecule has 1 fully saturated rings. The molecule has 1 saturated heterocycles. The minimum Gasteiger partial charge on any atom is -0.394 e. The first-order valence-electron chi connectivity index (χ1n) is 7.44. The zero-order valence-corrected chi connectivity index (χ0v) is 13.3. The molecule has 1 aromatic carbocycles. The van der Waals surface area contributed by atoms with Crippen LogP contribution in [-0.2, 0) is 6.42 Å². The number of hydrogen-bond acceptors (Lipinski definition) is 3. The van der Waals surface area contributed by atoms with Crippen LogP contribution in [0.15, 0.2) is 30.3 Å². The summed E-state index contributed by atoms with van der Waals surface area (Å²) < 4.78 is 0.158. The maximum Gasteiger partial charge on any atom is 0.315 e. The van der Waals surface area contributed by atoms with Gasteiger partial charge in [-0.25, -0.2) is 4.79 Å². The Bertz CT molecular complexity index is 447. The van der Waals surface area contributed by atoms with Gasteiger partial charge in [0.2, 0.25) is 0 Å². The van der Waals surface area contributed by atoms with Crippen LogP contribution in [0.5, 0.6) is 0 Å². The molecule has 1 aliphatic rings. The molecule has 3 N–H and O–H groups in total. The fourth-order valence-corrected chi connectivity index (χ4v) is 3.78. The smallest absolute Gasteiger partial charge is 0.315 e. The van der Waals surface area contributed by atoms with Crippen LogP contribution in [0.4, 0.5) is 4.79 Å². The lowest BCUT2D eigenvalue weighted by atomic mass is 10.1. The number of nitrogens with one attached hydrogen (secondary N) is 2. The maximum atomic E-state index is 12.0. The van der Waals surface area contributed by atoms with Crippen molar-refractivity contribution < 1.29 is 9.90 Å². The number of aliphatic hydroxyl groups is 1. The van der Waals surface area contributed by atoms with Crippen LogP contribution in [0.2, 0.25) is 0 Å². The van der Waals surface area contributed by atoms with Crippen molar-refractivity contribution in [2.75, 3.05) is 18.9 Å². The second-order valence-corrected chi connectivity index (χ2v) is 7.48. The van der Waals surface area contributed by atoms with Gasteiger partial charge in [-0.05, 0) is 37.5 Å². The Kier molecular flexibility index (Phi) is 5.94. The van der Waals surface area contributed by atoms with Crippen LogP contribution < -0.4 is 10.6 Å². The average Bonchev–Trinajstić information content (AvgIpc) is 2.93. The van der Waals surface area contributed by atoms with E-state index in [1.54, 1.807) is 0 Å². The molecule has 0 spiro atoms. The van der Waals surface area contributed by atoms with Crippen molar-refractivity contribution >= 4 is 17.8 Å².